The number of rotatable bonds is 4. The van der Waals surface area contributed by atoms with E-state index in [2.05, 4.69) is 44.1 Å². The Hall–Kier alpha value is 0.200. The maximum Gasteiger partial charge on any atom is 0.183 e. The van der Waals surface area contributed by atoms with Crippen molar-refractivity contribution in [3.63, 3.8) is 0 Å². The standard InChI is InChI=1S/C10H13Br2NO/c1-6-2-7(6)4-13-5-8-3-9(11)10(12)14-8/h3,6-7,13H,2,4-5H2,1H3. The second-order valence-electron chi connectivity index (χ2n) is 3.94. The van der Waals surface area contributed by atoms with Gasteiger partial charge in [0.05, 0.1) is 11.0 Å². The van der Waals surface area contributed by atoms with Crippen LogP contribution in [0.1, 0.15) is 19.1 Å². The molecular weight excluding hydrogens is 310 g/mol. The third-order valence-corrected chi connectivity index (χ3v) is 4.39. The van der Waals surface area contributed by atoms with Crippen molar-refractivity contribution in [1.82, 2.24) is 5.32 Å². The zero-order valence-corrected chi connectivity index (χ0v) is 11.2. The summed E-state index contributed by atoms with van der Waals surface area (Å²) in [6.07, 6.45) is 1.37. The van der Waals surface area contributed by atoms with Crippen LogP contribution in [0.4, 0.5) is 0 Å². The molecule has 2 unspecified atom stereocenters. The Morgan fingerprint density at radius 3 is 2.79 bits per heavy atom. The van der Waals surface area contributed by atoms with E-state index < -0.39 is 0 Å². The average Bonchev–Trinajstić information content (AvgIpc) is 2.71. The minimum absolute atomic E-state index is 0.772. The van der Waals surface area contributed by atoms with Crippen LogP contribution >= 0.6 is 31.9 Å². The molecule has 0 aliphatic heterocycles. The highest BCUT2D eigenvalue weighted by molar-refractivity contribution is 9.13. The highest BCUT2D eigenvalue weighted by Gasteiger charge is 2.31. The fourth-order valence-corrected chi connectivity index (χ4v) is 2.20. The van der Waals surface area contributed by atoms with E-state index in [1.54, 1.807) is 0 Å². The van der Waals surface area contributed by atoms with E-state index in [9.17, 15) is 0 Å². The van der Waals surface area contributed by atoms with Crippen LogP contribution < -0.4 is 5.32 Å². The number of halogens is 2. The normalized spacial score (nSPS) is 25.4. The zero-order valence-electron chi connectivity index (χ0n) is 8.02. The molecule has 14 heavy (non-hydrogen) atoms. The van der Waals surface area contributed by atoms with Gasteiger partial charge < -0.3 is 9.73 Å². The molecule has 2 rings (SSSR count). The molecule has 1 aromatic rings. The molecule has 2 atom stereocenters. The molecule has 0 bridgehead atoms. The summed E-state index contributed by atoms with van der Waals surface area (Å²) < 4.78 is 7.20. The number of hydrogen-bond acceptors (Lipinski definition) is 2. The Balaban J connectivity index is 1.74. The molecule has 78 valence electrons. The van der Waals surface area contributed by atoms with E-state index in [0.29, 0.717) is 0 Å². The lowest BCUT2D eigenvalue weighted by atomic mass is 10.3. The van der Waals surface area contributed by atoms with Crippen molar-refractivity contribution in [3.8, 4) is 0 Å². The van der Waals surface area contributed by atoms with Crippen LogP contribution in [0.5, 0.6) is 0 Å². The first-order valence-corrected chi connectivity index (χ1v) is 6.40. The fourth-order valence-electron chi connectivity index (χ4n) is 1.54. The molecule has 1 heterocycles. The van der Waals surface area contributed by atoms with E-state index in [-0.39, 0.29) is 0 Å². The van der Waals surface area contributed by atoms with Crippen LogP contribution in [-0.4, -0.2) is 6.54 Å². The van der Waals surface area contributed by atoms with Crippen molar-refractivity contribution in [2.75, 3.05) is 6.54 Å². The van der Waals surface area contributed by atoms with Crippen LogP contribution in [0, 0.1) is 11.8 Å². The molecule has 1 fully saturated rings. The summed E-state index contributed by atoms with van der Waals surface area (Å²) in [5.74, 6) is 2.77. The smallest absolute Gasteiger partial charge is 0.183 e. The quantitative estimate of drug-likeness (QED) is 0.917. The molecule has 1 N–H and O–H groups in total. The van der Waals surface area contributed by atoms with Gasteiger partial charge in [0.1, 0.15) is 5.76 Å². The number of furan rings is 1. The molecule has 1 aromatic heterocycles. The van der Waals surface area contributed by atoms with Crippen molar-refractivity contribution >= 4 is 31.9 Å². The fraction of sp³-hybridized carbons (Fsp3) is 0.600. The maximum absolute atomic E-state index is 5.45. The van der Waals surface area contributed by atoms with E-state index in [1.807, 2.05) is 6.07 Å². The molecule has 4 heteroatoms. The second-order valence-corrected chi connectivity index (χ2v) is 5.51. The lowest BCUT2D eigenvalue weighted by Crippen LogP contribution is -2.16. The van der Waals surface area contributed by atoms with E-state index in [1.165, 1.54) is 6.42 Å². The van der Waals surface area contributed by atoms with Gasteiger partial charge in [-0.05, 0) is 62.7 Å². The summed E-state index contributed by atoms with van der Waals surface area (Å²) in [5.41, 5.74) is 0. The van der Waals surface area contributed by atoms with Gasteiger partial charge in [-0.1, -0.05) is 6.92 Å². The Bertz CT molecular complexity index is 304. The number of nitrogens with one attached hydrogen (secondary N) is 1. The monoisotopic (exact) mass is 321 g/mol. The largest absolute Gasteiger partial charge is 0.452 e. The average molecular weight is 323 g/mol. The SMILES string of the molecule is CC1CC1CNCc1cc(Br)c(Br)o1. The minimum Gasteiger partial charge on any atom is -0.452 e. The molecule has 0 aromatic carbocycles. The van der Waals surface area contributed by atoms with Crippen LogP contribution in [-0.2, 0) is 6.54 Å². The van der Waals surface area contributed by atoms with Gasteiger partial charge in [0, 0.05) is 0 Å². The first-order chi connectivity index (χ1) is 6.66. The molecular formula is C10H13Br2NO. The Labute approximate surface area is 101 Å². The van der Waals surface area contributed by atoms with Crippen LogP contribution in [0.25, 0.3) is 0 Å². The Morgan fingerprint density at radius 1 is 1.57 bits per heavy atom. The van der Waals surface area contributed by atoms with Crippen LogP contribution in [0.2, 0.25) is 0 Å². The molecule has 0 spiro atoms. The maximum atomic E-state index is 5.45. The minimum atomic E-state index is 0.772. The lowest BCUT2D eigenvalue weighted by molar-refractivity contribution is 0.459. The van der Waals surface area contributed by atoms with Gasteiger partial charge in [-0.2, -0.15) is 0 Å². The lowest BCUT2D eigenvalue weighted by Gasteiger charge is -1.99. The topological polar surface area (TPSA) is 25.2 Å². The van der Waals surface area contributed by atoms with Crippen LogP contribution in [0.15, 0.2) is 19.6 Å². The Kier molecular flexibility index (Phi) is 3.34. The summed E-state index contributed by atoms with van der Waals surface area (Å²) in [4.78, 5) is 0. The number of hydrogen-bond donors (Lipinski definition) is 1. The third-order valence-electron chi connectivity index (χ3n) is 2.68. The van der Waals surface area contributed by atoms with Gasteiger partial charge in [0.2, 0.25) is 0 Å². The van der Waals surface area contributed by atoms with Crippen molar-refractivity contribution in [2.24, 2.45) is 11.8 Å². The van der Waals surface area contributed by atoms with Gasteiger partial charge in [0.15, 0.2) is 4.67 Å². The van der Waals surface area contributed by atoms with Crippen LogP contribution in [0.3, 0.4) is 0 Å². The van der Waals surface area contributed by atoms with Gasteiger partial charge in [-0.15, -0.1) is 0 Å². The molecule has 1 saturated carbocycles. The molecule has 0 amide bonds. The van der Waals surface area contributed by atoms with E-state index in [4.69, 9.17) is 4.42 Å². The summed E-state index contributed by atoms with van der Waals surface area (Å²) in [5, 5.41) is 3.40. The first-order valence-electron chi connectivity index (χ1n) is 4.81. The molecule has 0 radical (unpaired) electrons. The summed E-state index contributed by atoms with van der Waals surface area (Å²) in [6.45, 7) is 4.22. The van der Waals surface area contributed by atoms with E-state index >= 15 is 0 Å². The highest BCUT2D eigenvalue weighted by atomic mass is 79.9. The van der Waals surface area contributed by atoms with Gasteiger partial charge in [-0.25, -0.2) is 0 Å². The molecule has 0 saturated heterocycles. The summed E-state index contributed by atoms with van der Waals surface area (Å²) in [7, 11) is 0. The first kappa shape index (κ1) is 10.7. The predicted molar refractivity (Wildman–Crippen MR) is 63.1 cm³/mol. The highest BCUT2D eigenvalue weighted by Crippen LogP contribution is 2.36. The summed E-state index contributed by atoms with van der Waals surface area (Å²) >= 11 is 6.71. The molecule has 2 nitrogen and oxygen atoms in total. The van der Waals surface area contributed by atoms with Crippen molar-refractivity contribution in [1.29, 1.82) is 0 Å². The summed E-state index contributed by atoms with van der Waals surface area (Å²) in [6, 6.07) is 1.99. The Morgan fingerprint density at radius 2 is 2.29 bits per heavy atom. The van der Waals surface area contributed by atoms with Crippen molar-refractivity contribution < 1.29 is 4.42 Å². The van der Waals surface area contributed by atoms with Crippen molar-refractivity contribution in [2.45, 2.75) is 19.9 Å². The zero-order chi connectivity index (χ0) is 10.1. The second kappa shape index (κ2) is 4.37. The van der Waals surface area contributed by atoms with Gasteiger partial charge in [-0.3, -0.25) is 0 Å². The van der Waals surface area contributed by atoms with E-state index in [0.717, 1.165) is 39.8 Å². The van der Waals surface area contributed by atoms with Gasteiger partial charge in [0.25, 0.3) is 0 Å². The third kappa shape index (κ3) is 2.61. The molecule has 1 aliphatic carbocycles. The molecule has 1 aliphatic rings. The van der Waals surface area contributed by atoms with Gasteiger partial charge >= 0.3 is 0 Å². The van der Waals surface area contributed by atoms with Crippen molar-refractivity contribution in [3.05, 3.63) is 21.0 Å². The predicted octanol–water partition coefficient (Wildman–Crippen LogP) is 3.55.